The number of halogens is 2. The van der Waals surface area contributed by atoms with Gasteiger partial charge in [-0.2, -0.15) is 0 Å². The van der Waals surface area contributed by atoms with Gasteiger partial charge >= 0.3 is 0 Å². The summed E-state index contributed by atoms with van der Waals surface area (Å²) in [5.41, 5.74) is 1.75. The Bertz CT molecular complexity index is 564. The predicted molar refractivity (Wildman–Crippen MR) is 79.3 cm³/mol. The van der Waals surface area contributed by atoms with Gasteiger partial charge in [0, 0.05) is 0 Å². The van der Waals surface area contributed by atoms with Crippen LogP contribution in [0.25, 0.3) is 0 Å². The van der Waals surface area contributed by atoms with Crippen molar-refractivity contribution in [2.24, 2.45) is 5.16 Å². The van der Waals surface area contributed by atoms with Gasteiger partial charge in [0.1, 0.15) is 6.61 Å². The van der Waals surface area contributed by atoms with Gasteiger partial charge in [-0.1, -0.05) is 47.1 Å². The highest BCUT2D eigenvalue weighted by Crippen LogP contribution is 2.34. The first kappa shape index (κ1) is 13.9. The molecule has 0 heterocycles. The van der Waals surface area contributed by atoms with E-state index in [1.54, 1.807) is 12.1 Å². The summed E-state index contributed by atoms with van der Waals surface area (Å²) in [6, 6.07) is 13.3. The standard InChI is InChI=1S/C14H11BrClNO2/c15-12-6-11(8-17-18)7-13(16)14(12)19-9-10-4-2-1-3-5-10/h1-8,18H,9H2/b17-8-. The van der Waals surface area contributed by atoms with Crippen molar-refractivity contribution in [3.63, 3.8) is 0 Å². The summed E-state index contributed by atoms with van der Waals surface area (Å²) in [6.45, 7) is 0.437. The van der Waals surface area contributed by atoms with E-state index in [0.717, 1.165) is 5.56 Å². The Balaban J connectivity index is 2.17. The molecule has 0 radical (unpaired) electrons. The lowest BCUT2D eigenvalue weighted by atomic mass is 10.2. The van der Waals surface area contributed by atoms with Crippen LogP contribution < -0.4 is 4.74 Å². The van der Waals surface area contributed by atoms with Crippen LogP contribution in [-0.4, -0.2) is 11.4 Å². The van der Waals surface area contributed by atoms with Crippen molar-refractivity contribution < 1.29 is 9.94 Å². The summed E-state index contributed by atoms with van der Waals surface area (Å²) in [4.78, 5) is 0. The van der Waals surface area contributed by atoms with Crippen molar-refractivity contribution >= 4 is 33.7 Å². The quantitative estimate of drug-likeness (QED) is 0.506. The molecular formula is C14H11BrClNO2. The van der Waals surface area contributed by atoms with E-state index in [-0.39, 0.29) is 0 Å². The fourth-order valence-electron chi connectivity index (χ4n) is 1.59. The van der Waals surface area contributed by atoms with Crippen LogP contribution in [0.15, 0.2) is 52.1 Å². The molecule has 0 aliphatic carbocycles. The van der Waals surface area contributed by atoms with Crippen molar-refractivity contribution in [2.45, 2.75) is 6.61 Å². The van der Waals surface area contributed by atoms with Crippen LogP contribution in [0.5, 0.6) is 5.75 Å². The minimum Gasteiger partial charge on any atom is -0.486 e. The van der Waals surface area contributed by atoms with Crippen LogP contribution in [0.2, 0.25) is 5.02 Å². The average Bonchev–Trinajstić information content (AvgIpc) is 2.39. The smallest absolute Gasteiger partial charge is 0.152 e. The Hall–Kier alpha value is -1.52. The average molecular weight is 341 g/mol. The monoisotopic (exact) mass is 339 g/mol. The summed E-state index contributed by atoms with van der Waals surface area (Å²) in [6.07, 6.45) is 1.30. The molecule has 0 atom stereocenters. The molecule has 1 N–H and O–H groups in total. The van der Waals surface area contributed by atoms with Gasteiger partial charge in [0.05, 0.1) is 15.7 Å². The first-order valence-corrected chi connectivity index (χ1v) is 6.71. The minimum absolute atomic E-state index is 0.437. The van der Waals surface area contributed by atoms with Gasteiger partial charge < -0.3 is 9.94 Å². The second-order valence-corrected chi connectivity index (χ2v) is 5.09. The van der Waals surface area contributed by atoms with E-state index in [1.165, 1.54) is 6.21 Å². The zero-order chi connectivity index (χ0) is 13.7. The summed E-state index contributed by atoms with van der Waals surface area (Å²) in [5, 5.41) is 11.9. The Morgan fingerprint density at radius 2 is 2.00 bits per heavy atom. The van der Waals surface area contributed by atoms with Gasteiger partial charge in [0.25, 0.3) is 0 Å². The summed E-state index contributed by atoms with van der Waals surface area (Å²) < 4.78 is 6.41. The molecule has 2 rings (SSSR count). The van der Waals surface area contributed by atoms with Gasteiger partial charge in [0.2, 0.25) is 0 Å². The third-order valence-electron chi connectivity index (χ3n) is 2.45. The topological polar surface area (TPSA) is 41.8 Å². The highest BCUT2D eigenvalue weighted by Gasteiger charge is 2.09. The molecule has 0 aliphatic rings. The maximum absolute atomic E-state index is 8.50. The second-order valence-electron chi connectivity index (χ2n) is 3.83. The highest BCUT2D eigenvalue weighted by atomic mass is 79.9. The first-order valence-electron chi connectivity index (χ1n) is 5.54. The number of ether oxygens (including phenoxy) is 1. The molecule has 2 aromatic carbocycles. The molecule has 0 bridgehead atoms. The van der Waals surface area contributed by atoms with Crippen LogP contribution in [-0.2, 0) is 6.61 Å². The molecule has 0 saturated carbocycles. The van der Waals surface area contributed by atoms with Gasteiger partial charge in [-0.15, -0.1) is 0 Å². The maximum Gasteiger partial charge on any atom is 0.152 e. The maximum atomic E-state index is 8.50. The normalized spacial score (nSPS) is 10.8. The molecule has 0 fully saturated rings. The highest BCUT2D eigenvalue weighted by molar-refractivity contribution is 9.10. The van der Waals surface area contributed by atoms with E-state index in [0.29, 0.717) is 27.4 Å². The van der Waals surface area contributed by atoms with Gasteiger partial charge in [-0.25, -0.2) is 0 Å². The van der Waals surface area contributed by atoms with E-state index < -0.39 is 0 Å². The lowest BCUT2D eigenvalue weighted by Crippen LogP contribution is -1.97. The lowest BCUT2D eigenvalue weighted by Gasteiger charge is -2.11. The van der Waals surface area contributed by atoms with Crippen molar-refractivity contribution in [1.29, 1.82) is 0 Å². The molecule has 0 saturated heterocycles. The Morgan fingerprint density at radius 1 is 1.26 bits per heavy atom. The molecule has 19 heavy (non-hydrogen) atoms. The fourth-order valence-corrected chi connectivity index (χ4v) is 2.58. The van der Waals surface area contributed by atoms with Crippen LogP contribution in [0.3, 0.4) is 0 Å². The van der Waals surface area contributed by atoms with E-state index in [9.17, 15) is 0 Å². The van der Waals surface area contributed by atoms with Crippen molar-refractivity contribution in [2.75, 3.05) is 0 Å². The van der Waals surface area contributed by atoms with Crippen molar-refractivity contribution in [3.8, 4) is 5.75 Å². The Labute approximate surface area is 124 Å². The predicted octanol–water partition coefficient (Wildman–Crippen LogP) is 4.49. The van der Waals surface area contributed by atoms with E-state index in [4.69, 9.17) is 21.5 Å². The third kappa shape index (κ3) is 3.72. The minimum atomic E-state index is 0.437. The van der Waals surface area contributed by atoms with Gasteiger partial charge in [-0.3, -0.25) is 0 Å². The van der Waals surface area contributed by atoms with Crippen molar-refractivity contribution in [3.05, 3.63) is 63.1 Å². The molecule has 5 heteroatoms. The zero-order valence-electron chi connectivity index (χ0n) is 9.88. The number of nitrogens with zero attached hydrogens (tertiary/aromatic N) is 1. The third-order valence-corrected chi connectivity index (χ3v) is 3.32. The molecular weight excluding hydrogens is 330 g/mol. The molecule has 0 aromatic heterocycles. The number of hydrogen-bond acceptors (Lipinski definition) is 3. The second kappa shape index (κ2) is 6.59. The van der Waals surface area contributed by atoms with Crippen molar-refractivity contribution in [1.82, 2.24) is 0 Å². The number of oxime groups is 1. The van der Waals surface area contributed by atoms with E-state index in [1.807, 2.05) is 30.3 Å². The largest absolute Gasteiger partial charge is 0.486 e. The summed E-state index contributed by atoms with van der Waals surface area (Å²) in [7, 11) is 0. The first-order chi connectivity index (χ1) is 9.20. The number of hydrogen-bond donors (Lipinski definition) is 1. The molecule has 98 valence electrons. The van der Waals surface area contributed by atoms with Crippen LogP contribution in [0, 0.1) is 0 Å². The number of benzene rings is 2. The summed E-state index contributed by atoms with van der Waals surface area (Å²) >= 11 is 9.53. The molecule has 0 aliphatic heterocycles. The Kier molecular flexibility index (Phi) is 4.82. The summed E-state index contributed by atoms with van der Waals surface area (Å²) in [5.74, 6) is 0.570. The Morgan fingerprint density at radius 3 is 2.63 bits per heavy atom. The molecule has 0 spiro atoms. The lowest BCUT2D eigenvalue weighted by molar-refractivity contribution is 0.304. The van der Waals surface area contributed by atoms with Crippen LogP contribution >= 0.6 is 27.5 Å². The molecule has 0 unspecified atom stereocenters. The number of rotatable bonds is 4. The molecule has 2 aromatic rings. The van der Waals surface area contributed by atoms with E-state index >= 15 is 0 Å². The van der Waals surface area contributed by atoms with E-state index in [2.05, 4.69) is 21.1 Å². The molecule has 3 nitrogen and oxygen atoms in total. The molecule has 0 amide bonds. The SMILES string of the molecule is O/N=C\c1cc(Cl)c(OCc2ccccc2)c(Br)c1. The van der Waals surface area contributed by atoms with Crippen LogP contribution in [0.1, 0.15) is 11.1 Å². The van der Waals surface area contributed by atoms with Gasteiger partial charge in [0.15, 0.2) is 5.75 Å². The fraction of sp³-hybridized carbons (Fsp3) is 0.0714. The van der Waals surface area contributed by atoms with Crippen LogP contribution in [0.4, 0.5) is 0 Å². The zero-order valence-corrected chi connectivity index (χ0v) is 12.2. The van der Waals surface area contributed by atoms with Gasteiger partial charge in [-0.05, 0) is 39.2 Å².